The van der Waals surface area contributed by atoms with E-state index in [0.29, 0.717) is 17.5 Å². The van der Waals surface area contributed by atoms with Gasteiger partial charge in [0.1, 0.15) is 0 Å². The molecule has 0 fully saturated rings. The largest absolute Gasteiger partial charge is 0.309 e. The second-order valence-corrected chi connectivity index (χ2v) is 17.9. The second-order valence-electron chi connectivity index (χ2n) is 17.9. The van der Waals surface area contributed by atoms with Crippen molar-refractivity contribution in [3.8, 4) is 84.4 Å². The third-order valence-electron chi connectivity index (χ3n) is 14.3. The number of aromatic nitrogens is 4. The quantitative estimate of drug-likeness (QED) is 0.167. The molecule has 14 rings (SSSR count). The Morgan fingerprint density at radius 1 is 0.294 bits per heavy atom. The van der Waals surface area contributed by atoms with Crippen LogP contribution in [-0.2, 0) is 5.41 Å². The van der Waals surface area contributed by atoms with E-state index >= 15 is 0 Å². The maximum absolute atomic E-state index is 5.35. The highest BCUT2D eigenvalue weighted by molar-refractivity contribution is 6.13. The second kappa shape index (κ2) is 15.0. The maximum atomic E-state index is 5.35. The molecule has 0 saturated heterocycles. The predicted molar refractivity (Wildman–Crippen MR) is 278 cm³/mol. The predicted octanol–water partition coefficient (Wildman–Crippen LogP) is 15.6. The molecule has 0 radical (unpaired) electrons. The van der Waals surface area contributed by atoms with Gasteiger partial charge in [0.25, 0.3) is 0 Å². The van der Waals surface area contributed by atoms with Gasteiger partial charge in [-0.2, -0.15) is 0 Å². The summed E-state index contributed by atoms with van der Waals surface area (Å²) in [5.41, 5.74) is 20.3. The van der Waals surface area contributed by atoms with Crippen LogP contribution in [0.4, 0.5) is 0 Å². The number of hydrogen-bond acceptors (Lipinski definition) is 3. The van der Waals surface area contributed by atoms with Crippen LogP contribution in [0.1, 0.15) is 22.3 Å². The van der Waals surface area contributed by atoms with Gasteiger partial charge in [-0.1, -0.05) is 224 Å². The van der Waals surface area contributed by atoms with Crippen molar-refractivity contribution < 1.29 is 0 Å². The Kier molecular flexibility index (Phi) is 8.46. The molecule has 1 unspecified atom stereocenters. The number of benzene rings is 10. The Balaban J connectivity index is 1.01. The summed E-state index contributed by atoms with van der Waals surface area (Å²) in [5.74, 6) is 1.92. The van der Waals surface area contributed by atoms with Crippen molar-refractivity contribution in [1.29, 1.82) is 0 Å². The Morgan fingerprint density at radius 2 is 0.765 bits per heavy atom. The van der Waals surface area contributed by atoms with Crippen molar-refractivity contribution in [2.75, 3.05) is 0 Å². The Bertz CT molecular complexity index is 3870. The highest BCUT2D eigenvalue weighted by Gasteiger charge is 2.51. The van der Waals surface area contributed by atoms with E-state index in [4.69, 9.17) is 15.0 Å². The molecule has 10 aromatic carbocycles. The van der Waals surface area contributed by atoms with Gasteiger partial charge in [0.05, 0.1) is 22.1 Å². The molecule has 2 aromatic heterocycles. The lowest BCUT2D eigenvalue weighted by Crippen LogP contribution is -2.33. The summed E-state index contributed by atoms with van der Waals surface area (Å²) in [6.07, 6.45) is 0. The van der Waals surface area contributed by atoms with Crippen molar-refractivity contribution in [1.82, 2.24) is 19.5 Å². The number of rotatable bonds is 6. The fourth-order valence-corrected chi connectivity index (χ4v) is 11.3. The van der Waals surface area contributed by atoms with Crippen LogP contribution in [0.2, 0.25) is 0 Å². The first-order valence-corrected chi connectivity index (χ1v) is 23.3. The van der Waals surface area contributed by atoms with Gasteiger partial charge in [-0.15, -0.1) is 0 Å². The standard InChI is InChI=1S/C64H40N4/c1-4-16-41(17-5-1)42-30-32-43(33-31-42)44-34-36-45(37-35-44)48-38-39-53-52(40-48)59-51(63-66-61(46-18-6-2-7-19-46)65-62(67-63)47-20-8-3-9-21-47)24-15-26-55(59)64(53)54-25-11-13-29-58(54)68-57-28-12-10-22-49(57)50-23-14-27-56(64)60(50)68/h1-40H. The zero-order valence-corrected chi connectivity index (χ0v) is 36.9. The molecule has 0 saturated carbocycles. The van der Waals surface area contributed by atoms with Crippen molar-refractivity contribution in [2.45, 2.75) is 5.41 Å². The Hall–Kier alpha value is -8.99. The van der Waals surface area contributed by atoms with Crippen molar-refractivity contribution in [3.63, 3.8) is 0 Å². The summed E-state index contributed by atoms with van der Waals surface area (Å²) < 4.78 is 2.50. The molecular formula is C64H40N4. The molecule has 0 N–H and O–H groups in total. The third-order valence-corrected chi connectivity index (χ3v) is 14.3. The summed E-state index contributed by atoms with van der Waals surface area (Å²) in [6, 6.07) is 87.6. The SMILES string of the molecule is c1ccc(-c2ccc(-c3ccc(-c4ccc5c(c4)-c4c(-c6nc(-c7ccccc7)nc(-c7ccccc7)n6)cccc4C54c5ccccc5-n5c6ccccc6c6cccc4c65)cc3)cc2)cc1. The lowest BCUT2D eigenvalue weighted by molar-refractivity contribution is 0.748. The molecule has 1 atom stereocenters. The van der Waals surface area contributed by atoms with Gasteiger partial charge in [-0.25, -0.2) is 15.0 Å². The minimum absolute atomic E-state index is 0.640. The van der Waals surface area contributed by atoms with Crippen LogP contribution < -0.4 is 0 Å². The van der Waals surface area contributed by atoms with Crippen molar-refractivity contribution in [2.24, 2.45) is 0 Å². The van der Waals surface area contributed by atoms with Gasteiger partial charge in [0.15, 0.2) is 17.5 Å². The van der Waals surface area contributed by atoms with Crippen molar-refractivity contribution in [3.05, 3.63) is 265 Å². The number of nitrogens with zero attached hydrogens (tertiary/aromatic N) is 4. The average molecular weight is 865 g/mol. The molecule has 68 heavy (non-hydrogen) atoms. The monoisotopic (exact) mass is 864 g/mol. The first kappa shape index (κ1) is 38.3. The van der Waals surface area contributed by atoms with Gasteiger partial charge in [0.2, 0.25) is 0 Å². The third kappa shape index (κ3) is 5.64. The molecule has 1 aliphatic carbocycles. The summed E-state index contributed by atoms with van der Waals surface area (Å²) in [7, 11) is 0. The fourth-order valence-electron chi connectivity index (χ4n) is 11.3. The van der Waals surface area contributed by atoms with Crippen LogP contribution in [0.15, 0.2) is 243 Å². The Morgan fingerprint density at radius 3 is 1.43 bits per heavy atom. The van der Waals surface area contributed by atoms with E-state index in [9.17, 15) is 0 Å². The van der Waals surface area contributed by atoms with Gasteiger partial charge in [-0.3, -0.25) is 0 Å². The molecular weight excluding hydrogens is 825 g/mol. The smallest absolute Gasteiger partial charge is 0.164 e. The van der Waals surface area contributed by atoms with Crippen LogP contribution in [0.5, 0.6) is 0 Å². The highest BCUT2D eigenvalue weighted by atomic mass is 15.0. The van der Waals surface area contributed by atoms with Crippen LogP contribution in [-0.4, -0.2) is 19.5 Å². The van der Waals surface area contributed by atoms with Crippen molar-refractivity contribution >= 4 is 21.8 Å². The molecule has 0 amide bonds. The van der Waals surface area contributed by atoms with Crippen LogP contribution >= 0.6 is 0 Å². The number of hydrogen-bond donors (Lipinski definition) is 0. The summed E-state index contributed by atoms with van der Waals surface area (Å²) in [4.78, 5) is 15.8. The molecule has 0 bridgehead atoms. The molecule has 2 aliphatic rings. The normalized spacial score (nSPS) is 14.2. The molecule has 316 valence electrons. The van der Waals surface area contributed by atoms with Crippen LogP contribution in [0, 0.1) is 0 Å². The van der Waals surface area contributed by atoms with Crippen LogP contribution in [0.25, 0.3) is 106 Å². The molecule has 12 aromatic rings. The topological polar surface area (TPSA) is 43.6 Å². The van der Waals surface area contributed by atoms with Crippen LogP contribution in [0.3, 0.4) is 0 Å². The molecule has 4 nitrogen and oxygen atoms in total. The lowest BCUT2D eigenvalue weighted by atomic mass is 9.65. The average Bonchev–Trinajstić information content (AvgIpc) is 3.92. The Labute approximate surface area is 394 Å². The van der Waals surface area contributed by atoms with E-state index in [0.717, 1.165) is 33.4 Å². The first-order chi connectivity index (χ1) is 33.7. The van der Waals surface area contributed by atoms with E-state index < -0.39 is 5.41 Å². The molecule has 1 aliphatic heterocycles. The molecule has 1 spiro atoms. The lowest BCUT2D eigenvalue weighted by Gasteiger charge is -2.39. The summed E-state index contributed by atoms with van der Waals surface area (Å²) in [6.45, 7) is 0. The van der Waals surface area contributed by atoms with E-state index in [2.05, 4.69) is 211 Å². The minimum atomic E-state index is -0.646. The first-order valence-electron chi connectivity index (χ1n) is 23.3. The number of fused-ring (bicyclic) bond motifs is 12. The van der Waals surface area contributed by atoms with Gasteiger partial charge >= 0.3 is 0 Å². The maximum Gasteiger partial charge on any atom is 0.164 e. The molecule has 4 heteroatoms. The zero-order valence-electron chi connectivity index (χ0n) is 36.9. The van der Waals surface area contributed by atoms with Gasteiger partial charge in [-0.05, 0) is 85.0 Å². The van der Waals surface area contributed by atoms with Gasteiger partial charge < -0.3 is 4.57 Å². The fraction of sp³-hybridized carbons (Fsp3) is 0.0156. The zero-order chi connectivity index (χ0) is 44.8. The minimum Gasteiger partial charge on any atom is -0.309 e. The summed E-state index contributed by atoms with van der Waals surface area (Å²) in [5, 5.41) is 2.50. The molecule has 3 heterocycles. The van der Waals surface area contributed by atoms with E-state index in [1.807, 2.05) is 36.4 Å². The highest BCUT2D eigenvalue weighted by Crippen LogP contribution is 2.62. The number of para-hydroxylation sites is 3. The summed E-state index contributed by atoms with van der Waals surface area (Å²) >= 11 is 0. The van der Waals surface area contributed by atoms with E-state index in [-0.39, 0.29) is 0 Å². The van der Waals surface area contributed by atoms with E-state index in [1.165, 1.54) is 77.6 Å². The van der Waals surface area contributed by atoms with Gasteiger partial charge in [0, 0.05) is 27.5 Å². The van der Waals surface area contributed by atoms with E-state index in [1.54, 1.807) is 0 Å².